The van der Waals surface area contributed by atoms with Crippen LogP contribution in [0.4, 0.5) is 0 Å². The molecule has 1 aliphatic rings. The third kappa shape index (κ3) is 2.65. The van der Waals surface area contributed by atoms with Gasteiger partial charge in [0.2, 0.25) is 0 Å². The lowest BCUT2D eigenvalue weighted by Crippen LogP contribution is -2.32. The second-order valence-electron chi connectivity index (χ2n) is 6.49. The average molecular weight is 403 g/mol. The second kappa shape index (κ2) is 6.39. The molecule has 2 amide bonds. The van der Waals surface area contributed by atoms with E-state index >= 15 is 0 Å². The molecule has 1 aliphatic heterocycles. The van der Waals surface area contributed by atoms with E-state index < -0.39 is 17.8 Å². The van der Waals surface area contributed by atoms with Crippen LogP contribution in [0.1, 0.15) is 36.1 Å². The molecule has 0 fully saturated rings. The first kappa shape index (κ1) is 17.3. The number of hydroxylamine groups is 2. The Kier molecular flexibility index (Phi) is 3.82. The summed E-state index contributed by atoms with van der Waals surface area (Å²) in [5.41, 5.74) is 2.07. The van der Waals surface area contributed by atoms with E-state index in [-0.39, 0.29) is 16.0 Å². The molecule has 0 N–H and O–H groups in total. The zero-order chi connectivity index (χ0) is 20.1. The van der Waals surface area contributed by atoms with Crippen LogP contribution >= 0.6 is 11.3 Å². The van der Waals surface area contributed by atoms with Crippen molar-refractivity contribution in [3.05, 3.63) is 82.4 Å². The van der Waals surface area contributed by atoms with Crippen LogP contribution in [0.2, 0.25) is 0 Å². The third-order valence-electron chi connectivity index (χ3n) is 4.68. The fraction of sp³-hybridized carbons (Fsp3) is 0.0476. The summed E-state index contributed by atoms with van der Waals surface area (Å²) in [6.07, 6.45) is 0. The van der Waals surface area contributed by atoms with Crippen molar-refractivity contribution in [3.8, 4) is 5.69 Å². The molecule has 0 aliphatic carbocycles. The smallest absolute Gasteiger partial charge is 0.323 e. The summed E-state index contributed by atoms with van der Waals surface area (Å²) in [6, 6.07) is 17.6. The van der Waals surface area contributed by atoms with Gasteiger partial charge in [0.1, 0.15) is 9.71 Å². The molecule has 5 rings (SSSR count). The van der Waals surface area contributed by atoms with Crippen molar-refractivity contribution in [1.82, 2.24) is 14.8 Å². The molecule has 3 heterocycles. The van der Waals surface area contributed by atoms with Gasteiger partial charge in [-0.25, -0.2) is 9.48 Å². The second-order valence-corrected chi connectivity index (χ2v) is 7.52. The van der Waals surface area contributed by atoms with Crippen molar-refractivity contribution in [3.63, 3.8) is 0 Å². The summed E-state index contributed by atoms with van der Waals surface area (Å²) in [5, 5.41) is 5.87. The summed E-state index contributed by atoms with van der Waals surface area (Å²) in [7, 11) is 0. The van der Waals surface area contributed by atoms with Gasteiger partial charge in [0.25, 0.3) is 11.8 Å². The molecule has 29 heavy (non-hydrogen) atoms. The fourth-order valence-corrected chi connectivity index (χ4v) is 4.32. The average Bonchev–Trinajstić information content (AvgIpc) is 3.38. The summed E-state index contributed by atoms with van der Waals surface area (Å²) in [6.45, 7) is 1.85. The molecule has 0 saturated heterocycles. The summed E-state index contributed by atoms with van der Waals surface area (Å²) >= 11 is 1.19. The van der Waals surface area contributed by atoms with Crippen LogP contribution in [-0.4, -0.2) is 32.6 Å². The maximum atomic E-state index is 12.7. The summed E-state index contributed by atoms with van der Waals surface area (Å²) in [4.78, 5) is 43.7. The van der Waals surface area contributed by atoms with Crippen LogP contribution in [0.15, 0.2) is 60.7 Å². The SMILES string of the molecule is Cc1nn(-c2ccccc2)c2sc(C(=O)ON3C(=O)c4ccccc4C3=O)cc12. The fourth-order valence-electron chi connectivity index (χ4n) is 3.27. The highest BCUT2D eigenvalue weighted by Crippen LogP contribution is 2.31. The Balaban J connectivity index is 1.47. The van der Waals surface area contributed by atoms with Crippen LogP contribution in [-0.2, 0) is 4.84 Å². The Hall–Kier alpha value is -3.78. The van der Waals surface area contributed by atoms with Crippen LogP contribution in [0.25, 0.3) is 15.9 Å². The van der Waals surface area contributed by atoms with Crippen LogP contribution < -0.4 is 0 Å². The van der Waals surface area contributed by atoms with Crippen molar-refractivity contribution < 1.29 is 19.2 Å². The molecule has 0 unspecified atom stereocenters. The minimum absolute atomic E-state index is 0.220. The topological polar surface area (TPSA) is 81.5 Å². The van der Waals surface area contributed by atoms with E-state index in [1.165, 1.54) is 23.5 Å². The maximum absolute atomic E-state index is 12.7. The van der Waals surface area contributed by atoms with E-state index in [4.69, 9.17) is 4.84 Å². The molecule has 0 spiro atoms. The number of hydrogen-bond donors (Lipinski definition) is 0. The highest BCUT2D eigenvalue weighted by Gasteiger charge is 2.39. The van der Waals surface area contributed by atoms with E-state index in [0.29, 0.717) is 5.06 Å². The van der Waals surface area contributed by atoms with Gasteiger partial charge in [0.15, 0.2) is 0 Å². The largest absolute Gasteiger partial charge is 0.373 e. The first-order chi connectivity index (χ1) is 14.0. The molecule has 8 heteroatoms. The van der Waals surface area contributed by atoms with Crippen LogP contribution in [0.3, 0.4) is 0 Å². The lowest BCUT2D eigenvalue weighted by atomic mass is 10.1. The van der Waals surface area contributed by atoms with Crippen molar-refractivity contribution in [2.45, 2.75) is 6.92 Å². The van der Waals surface area contributed by atoms with Gasteiger partial charge in [-0.15, -0.1) is 11.3 Å². The van der Waals surface area contributed by atoms with E-state index in [1.54, 1.807) is 22.9 Å². The number of benzene rings is 2. The lowest BCUT2D eigenvalue weighted by Gasteiger charge is -2.11. The predicted octanol–water partition coefficient (Wildman–Crippen LogP) is 3.76. The number of nitrogens with zero attached hydrogens (tertiary/aromatic N) is 3. The number of hydrogen-bond acceptors (Lipinski definition) is 6. The summed E-state index contributed by atoms with van der Waals surface area (Å²) < 4.78 is 1.76. The van der Waals surface area contributed by atoms with Gasteiger partial charge >= 0.3 is 5.97 Å². The quantitative estimate of drug-likeness (QED) is 0.487. The first-order valence-corrected chi connectivity index (χ1v) is 9.61. The number of carbonyl (C=O) groups excluding carboxylic acids is 3. The molecular weight excluding hydrogens is 390 g/mol. The zero-order valence-electron chi connectivity index (χ0n) is 15.2. The van der Waals surface area contributed by atoms with Gasteiger partial charge in [-0.1, -0.05) is 35.4 Å². The molecule has 142 valence electrons. The Morgan fingerprint density at radius 1 is 0.966 bits per heavy atom. The molecule has 0 atom stereocenters. The highest BCUT2D eigenvalue weighted by atomic mass is 32.1. The lowest BCUT2D eigenvalue weighted by molar-refractivity contribution is -0.0581. The van der Waals surface area contributed by atoms with Crippen LogP contribution in [0.5, 0.6) is 0 Å². The number of fused-ring (bicyclic) bond motifs is 2. The minimum atomic E-state index is -0.764. The Morgan fingerprint density at radius 3 is 2.24 bits per heavy atom. The van der Waals surface area contributed by atoms with Crippen molar-refractivity contribution >= 4 is 39.3 Å². The molecule has 0 radical (unpaired) electrons. The molecule has 2 aromatic heterocycles. The Bertz CT molecular complexity index is 1270. The molecule has 0 bridgehead atoms. The number of amides is 2. The summed E-state index contributed by atoms with van der Waals surface area (Å²) in [5.74, 6) is -2.06. The normalized spacial score (nSPS) is 13.2. The number of aromatic nitrogens is 2. The zero-order valence-corrected chi connectivity index (χ0v) is 16.0. The number of rotatable bonds is 3. The number of aryl methyl sites for hydroxylation is 1. The first-order valence-electron chi connectivity index (χ1n) is 8.79. The van der Waals surface area contributed by atoms with Crippen molar-refractivity contribution in [2.24, 2.45) is 0 Å². The molecule has 7 nitrogen and oxygen atoms in total. The molecule has 2 aromatic carbocycles. The van der Waals surface area contributed by atoms with E-state index in [9.17, 15) is 14.4 Å². The van der Waals surface area contributed by atoms with Gasteiger partial charge in [-0.2, -0.15) is 5.10 Å². The van der Waals surface area contributed by atoms with Crippen molar-refractivity contribution in [1.29, 1.82) is 0 Å². The number of thiophene rings is 1. The van der Waals surface area contributed by atoms with Gasteiger partial charge in [-0.3, -0.25) is 9.59 Å². The van der Waals surface area contributed by atoms with Gasteiger partial charge in [-0.05, 0) is 37.3 Å². The Morgan fingerprint density at radius 2 is 1.59 bits per heavy atom. The number of imide groups is 1. The minimum Gasteiger partial charge on any atom is -0.323 e. The standard InChI is InChI=1S/C21H13N3O4S/c1-12-16-11-17(29-20(16)23(22-12)13-7-3-2-4-8-13)21(27)28-24-18(25)14-9-5-6-10-15(14)19(24)26/h2-11H,1H3. The van der Waals surface area contributed by atoms with E-state index in [2.05, 4.69) is 5.10 Å². The van der Waals surface area contributed by atoms with Crippen LogP contribution in [0, 0.1) is 6.92 Å². The Labute approximate surface area is 168 Å². The van der Waals surface area contributed by atoms with Gasteiger partial charge in [0, 0.05) is 5.39 Å². The van der Waals surface area contributed by atoms with Crippen molar-refractivity contribution in [2.75, 3.05) is 0 Å². The van der Waals surface area contributed by atoms with E-state index in [1.807, 2.05) is 37.3 Å². The van der Waals surface area contributed by atoms with E-state index in [0.717, 1.165) is 21.6 Å². The number of para-hydroxylation sites is 1. The highest BCUT2D eigenvalue weighted by molar-refractivity contribution is 7.20. The maximum Gasteiger partial charge on any atom is 0.373 e. The third-order valence-corrected chi connectivity index (χ3v) is 5.77. The number of carbonyl (C=O) groups is 3. The molecular formula is C21H13N3O4S. The monoisotopic (exact) mass is 403 g/mol. The molecule has 0 saturated carbocycles. The van der Waals surface area contributed by atoms with Gasteiger partial charge in [0.05, 0.1) is 22.5 Å². The van der Waals surface area contributed by atoms with Gasteiger partial charge < -0.3 is 4.84 Å². The molecule has 4 aromatic rings. The predicted molar refractivity (Wildman–Crippen MR) is 106 cm³/mol.